The predicted octanol–water partition coefficient (Wildman–Crippen LogP) is 2.72. The van der Waals surface area contributed by atoms with Gasteiger partial charge in [0.15, 0.2) is 5.76 Å². The number of furan rings is 1. The maximum absolute atomic E-state index is 13.3. The van der Waals surface area contributed by atoms with E-state index in [9.17, 15) is 14.3 Å². The Labute approximate surface area is 126 Å². The van der Waals surface area contributed by atoms with Crippen molar-refractivity contribution >= 4 is 28.6 Å². The summed E-state index contributed by atoms with van der Waals surface area (Å²) in [4.78, 5) is 12.3. The average Bonchev–Trinajstić information content (AvgIpc) is 2.77. The molecule has 1 aromatic carbocycles. The summed E-state index contributed by atoms with van der Waals surface area (Å²) in [6.45, 7) is 3.53. The molecule has 0 bridgehead atoms. The van der Waals surface area contributed by atoms with Gasteiger partial charge in [-0.2, -0.15) is 11.8 Å². The van der Waals surface area contributed by atoms with Gasteiger partial charge in [0.2, 0.25) is 0 Å². The third-order valence-electron chi connectivity index (χ3n) is 3.50. The number of aryl methyl sites for hydroxylation is 1. The van der Waals surface area contributed by atoms with Crippen molar-refractivity contribution in [1.29, 1.82) is 0 Å². The van der Waals surface area contributed by atoms with E-state index >= 15 is 0 Å². The Morgan fingerprint density at radius 1 is 1.52 bits per heavy atom. The highest BCUT2D eigenvalue weighted by Gasteiger charge is 2.22. The summed E-state index contributed by atoms with van der Waals surface area (Å²) in [5, 5.41) is 12.6. The normalized spacial score (nSPS) is 14.1. The third kappa shape index (κ3) is 3.22. The van der Waals surface area contributed by atoms with Crippen LogP contribution < -0.4 is 5.32 Å². The lowest BCUT2D eigenvalue weighted by atomic mass is 10.1. The molecule has 21 heavy (non-hydrogen) atoms. The van der Waals surface area contributed by atoms with Crippen LogP contribution in [0.5, 0.6) is 0 Å². The molecule has 0 saturated heterocycles. The van der Waals surface area contributed by atoms with Gasteiger partial charge in [0.05, 0.1) is 6.61 Å². The number of carbonyl (C=O) groups is 1. The molecule has 1 amide bonds. The zero-order valence-electron chi connectivity index (χ0n) is 12.1. The first-order chi connectivity index (χ1) is 9.97. The molecule has 6 heteroatoms. The van der Waals surface area contributed by atoms with Crippen molar-refractivity contribution in [1.82, 2.24) is 5.32 Å². The van der Waals surface area contributed by atoms with E-state index in [2.05, 4.69) is 5.32 Å². The molecule has 0 aliphatic rings. The molecule has 0 radical (unpaired) electrons. The van der Waals surface area contributed by atoms with Crippen LogP contribution >= 0.6 is 11.8 Å². The van der Waals surface area contributed by atoms with Gasteiger partial charge < -0.3 is 14.8 Å². The van der Waals surface area contributed by atoms with Crippen molar-refractivity contribution in [3.05, 3.63) is 35.3 Å². The minimum absolute atomic E-state index is 0.0209. The number of carbonyl (C=O) groups excluding carboxylic acids is 1. The fourth-order valence-electron chi connectivity index (χ4n) is 2.21. The molecular weight excluding hydrogens is 293 g/mol. The van der Waals surface area contributed by atoms with Gasteiger partial charge >= 0.3 is 0 Å². The zero-order valence-corrected chi connectivity index (χ0v) is 13.0. The number of fused-ring (bicyclic) bond motifs is 1. The minimum Gasteiger partial charge on any atom is -0.451 e. The fourth-order valence-corrected chi connectivity index (χ4v) is 2.84. The largest absolute Gasteiger partial charge is 0.451 e. The van der Waals surface area contributed by atoms with E-state index in [4.69, 9.17) is 4.42 Å². The van der Waals surface area contributed by atoms with Gasteiger partial charge in [0, 0.05) is 22.2 Å². The van der Waals surface area contributed by atoms with Crippen LogP contribution in [-0.4, -0.2) is 35.2 Å². The maximum Gasteiger partial charge on any atom is 0.287 e. The highest BCUT2D eigenvalue weighted by atomic mass is 32.2. The second kappa shape index (κ2) is 6.49. The van der Waals surface area contributed by atoms with Gasteiger partial charge in [-0.3, -0.25) is 4.79 Å². The predicted molar refractivity (Wildman–Crippen MR) is 82.2 cm³/mol. The first-order valence-corrected chi connectivity index (χ1v) is 7.90. The van der Waals surface area contributed by atoms with E-state index in [1.807, 2.05) is 13.2 Å². The first-order valence-electron chi connectivity index (χ1n) is 6.61. The number of hydrogen-bond donors (Lipinski definition) is 2. The Morgan fingerprint density at radius 2 is 2.24 bits per heavy atom. The van der Waals surface area contributed by atoms with E-state index in [0.29, 0.717) is 16.5 Å². The van der Waals surface area contributed by atoms with Crippen LogP contribution in [0.3, 0.4) is 0 Å². The Kier molecular flexibility index (Phi) is 4.90. The van der Waals surface area contributed by atoms with E-state index in [1.54, 1.807) is 6.92 Å². The molecule has 4 nitrogen and oxygen atoms in total. The van der Waals surface area contributed by atoms with Crippen molar-refractivity contribution in [3.63, 3.8) is 0 Å². The van der Waals surface area contributed by atoms with Gasteiger partial charge in [-0.05, 0) is 38.3 Å². The molecule has 2 rings (SSSR count). The van der Waals surface area contributed by atoms with Crippen molar-refractivity contribution in [3.8, 4) is 0 Å². The fraction of sp³-hybridized carbons (Fsp3) is 0.400. The van der Waals surface area contributed by atoms with Crippen LogP contribution in [0.15, 0.2) is 22.6 Å². The number of rotatable bonds is 5. The van der Waals surface area contributed by atoms with Crippen LogP contribution in [0.25, 0.3) is 11.0 Å². The van der Waals surface area contributed by atoms with Crippen molar-refractivity contribution in [2.45, 2.75) is 25.1 Å². The number of halogens is 1. The monoisotopic (exact) mass is 311 g/mol. The molecule has 2 N–H and O–H groups in total. The molecule has 1 aromatic heterocycles. The summed E-state index contributed by atoms with van der Waals surface area (Å²) >= 11 is 1.48. The topological polar surface area (TPSA) is 62.5 Å². The third-order valence-corrected chi connectivity index (χ3v) is 4.67. The van der Waals surface area contributed by atoms with Crippen LogP contribution in [0.2, 0.25) is 0 Å². The number of thioether (sulfide) groups is 1. The van der Waals surface area contributed by atoms with Gasteiger partial charge in [-0.25, -0.2) is 4.39 Å². The van der Waals surface area contributed by atoms with E-state index in [0.717, 1.165) is 0 Å². The average molecular weight is 311 g/mol. The Bertz CT molecular complexity index is 652. The van der Waals surface area contributed by atoms with Crippen LogP contribution in [0.4, 0.5) is 4.39 Å². The van der Waals surface area contributed by atoms with E-state index in [1.165, 1.54) is 30.0 Å². The summed E-state index contributed by atoms with van der Waals surface area (Å²) in [6.07, 6.45) is 1.87. The molecule has 0 saturated carbocycles. The van der Waals surface area contributed by atoms with Gasteiger partial charge in [0.25, 0.3) is 5.91 Å². The molecule has 0 aliphatic heterocycles. The Balaban J connectivity index is 2.25. The molecule has 0 spiro atoms. The number of aliphatic hydroxyl groups is 1. The van der Waals surface area contributed by atoms with Crippen molar-refractivity contribution in [2.75, 3.05) is 12.9 Å². The molecule has 114 valence electrons. The second-order valence-electron chi connectivity index (χ2n) is 4.92. The minimum atomic E-state index is -0.366. The number of nitrogens with one attached hydrogen (secondary N) is 1. The van der Waals surface area contributed by atoms with Crippen LogP contribution in [0, 0.1) is 12.7 Å². The SMILES string of the molecule is CSC(CO)C(C)NC(=O)c1oc2ccc(F)cc2c1C. The number of amides is 1. The molecule has 1 heterocycles. The van der Waals surface area contributed by atoms with E-state index in [-0.39, 0.29) is 35.4 Å². The number of hydrogen-bond acceptors (Lipinski definition) is 4. The van der Waals surface area contributed by atoms with Gasteiger partial charge in [0.1, 0.15) is 11.4 Å². The highest BCUT2D eigenvalue weighted by molar-refractivity contribution is 7.99. The molecular formula is C15H18FNO3S. The highest BCUT2D eigenvalue weighted by Crippen LogP contribution is 2.26. The molecule has 0 aliphatic carbocycles. The summed E-state index contributed by atoms with van der Waals surface area (Å²) in [5.41, 5.74) is 1.09. The van der Waals surface area contributed by atoms with Crippen molar-refractivity contribution < 1.29 is 18.7 Å². The lowest BCUT2D eigenvalue weighted by Crippen LogP contribution is -2.41. The number of aliphatic hydroxyl groups excluding tert-OH is 1. The zero-order chi connectivity index (χ0) is 15.6. The van der Waals surface area contributed by atoms with Gasteiger partial charge in [-0.15, -0.1) is 0 Å². The molecule has 2 aromatic rings. The quantitative estimate of drug-likeness (QED) is 0.891. The van der Waals surface area contributed by atoms with E-state index < -0.39 is 0 Å². The van der Waals surface area contributed by atoms with Crippen molar-refractivity contribution in [2.24, 2.45) is 0 Å². The molecule has 2 atom stereocenters. The lowest BCUT2D eigenvalue weighted by molar-refractivity contribution is 0.0909. The maximum atomic E-state index is 13.3. The standard InChI is InChI=1S/C15H18FNO3S/c1-8-11-6-10(16)4-5-12(11)20-14(8)15(19)17-9(2)13(7-18)21-3/h4-6,9,13,18H,7H2,1-3H3,(H,17,19). The summed E-state index contributed by atoms with van der Waals surface area (Å²) in [6, 6.07) is 3.95. The summed E-state index contributed by atoms with van der Waals surface area (Å²) in [7, 11) is 0. The molecule has 2 unspecified atom stereocenters. The lowest BCUT2D eigenvalue weighted by Gasteiger charge is -2.20. The smallest absolute Gasteiger partial charge is 0.287 e. The van der Waals surface area contributed by atoms with Crippen LogP contribution in [-0.2, 0) is 0 Å². The Morgan fingerprint density at radius 3 is 2.86 bits per heavy atom. The first kappa shape index (κ1) is 15.9. The number of benzene rings is 1. The van der Waals surface area contributed by atoms with Gasteiger partial charge in [-0.1, -0.05) is 0 Å². The summed E-state index contributed by atoms with van der Waals surface area (Å²) < 4.78 is 18.8. The van der Waals surface area contributed by atoms with Crippen LogP contribution in [0.1, 0.15) is 23.0 Å². The second-order valence-corrected chi connectivity index (χ2v) is 5.99. The summed E-state index contributed by atoms with van der Waals surface area (Å²) in [5.74, 6) is -0.543. The Hall–Kier alpha value is -1.53. The molecule has 0 fully saturated rings.